The maximum absolute atomic E-state index is 14.3. The Kier molecular flexibility index (Phi) is 7.54. The van der Waals surface area contributed by atoms with Gasteiger partial charge in [-0.1, -0.05) is 44.7 Å². The van der Waals surface area contributed by atoms with Crippen LogP contribution >= 0.6 is 0 Å². The van der Waals surface area contributed by atoms with Crippen LogP contribution in [0.15, 0.2) is 36.4 Å². The highest BCUT2D eigenvalue weighted by atomic mass is 35.5. The van der Waals surface area contributed by atoms with E-state index in [2.05, 4.69) is 23.6 Å². The van der Waals surface area contributed by atoms with Gasteiger partial charge < -0.3 is 21.9 Å². The minimum atomic E-state index is -0.124. The summed E-state index contributed by atoms with van der Waals surface area (Å²) in [4.78, 5) is 0. The molecule has 156 valence electrons. The number of nitrogens with zero attached hydrogens (tertiary/aromatic N) is 1. The molecule has 5 heteroatoms. The topological polar surface area (TPSA) is 21.5 Å². The molecule has 2 aromatic rings. The third kappa shape index (κ3) is 4.92. The minimum absolute atomic E-state index is 0. The molecule has 0 spiro atoms. The zero-order chi connectivity index (χ0) is 19.3. The van der Waals surface area contributed by atoms with E-state index < -0.39 is 0 Å². The van der Waals surface area contributed by atoms with E-state index in [0.717, 1.165) is 42.9 Å². The number of hydrogen-bond donors (Lipinski definition) is 0. The lowest BCUT2D eigenvalue weighted by molar-refractivity contribution is -0.546. The van der Waals surface area contributed by atoms with Crippen LogP contribution in [0, 0.1) is 5.82 Å². The van der Waals surface area contributed by atoms with Crippen molar-refractivity contribution in [1.82, 2.24) is 0 Å². The molecule has 0 amide bonds. The van der Waals surface area contributed by atoms with Gasteiger partial charge in [0.25, 0.3) is 0 Å². The van der Waals surface area contributed by atoms with Crippen LogP contribution in [-0.2, 0) is 13.0 Å². The molecule has 4 rings (SSSR count). The fourth-order valence-corrected chi connectivity index (χ4v) is 4.22. The summed E-state index contributed by atoms with van der Waals surface area (Å²) in [6.45, 7) is 4.06. The summed E-state index contributed by atoms with van der Waals surface area (Å²) in [6.07, 6.45) is 8.20. The van der Waals surface area contributed by atoms with Crippen LogP contribution in [0.3, 0.4) is 0 Å². The Balaban J connectivity index is 0.00000240. The van der Waals surface area contributed by atoms with E-state index >= 15 is 0 Å². The summed E-state index contributed by atoms with van der Waals surface area (Å²) in [5.74, 6) is 1.56. The highest BCUT2D eigenvalue weighted by Gasteiger charge is 2.29. The number of benzene rings is 2. The Morgan fingerprint density at radius 3 is 2.55 bits per heavy atom. The first kappa shape index (κ1) is 21.6. The van der Waals surface area contributed by atoms with Crippen LogP contribution in [-0.4, -0.2) is 23.6 Å². The predicted octanol–water partition coefficient (Wildman–Crippen LogP) is 2.48. The highest BCUT2D eigenvalue weighted by molar-refractivity contribution is 5.99. The van der Waals surface area contributed by atoms with Crippen LogP contribution in [0.25, 0.3) is 0 Å². The number of fused-ring (bicyclic) bond motifs is 2. The Labute approximate surface area is 179 Å². The van der Waals surface area contributed by atoms with E-state index in [9.17, 15) is 4.39 Å². The molecule has 0 aromatic heterocycles. The molecule has 0 atom stereocenters. The largest absolute Gasteiger partial charge is 1.00 e. The normalized spacial score (nSPS) is 14.6. The van der Waals surface area contributed by atoms with E-state index in [-0.39, 0.29) is 18.2 Å². The van der Waals surface area contributed by atoms with Gasteiger partial charge in [0.15, 0.2) is 23.8 Å². The second-order valence-corrected chi connectivity index (χ2v) is 7.74. The first-order valence-electron chi connectivity index (χ1n) is 10.5. The Hall–Kier alpha value is -2.07. The second-order valence-electron chi connectivity index (χ2n) is 7.74. The third-order valence-corrected chi connectivity index (χ3v) is 5.78. The fraction of sp³-hybridized carbons (Fsp3) is 0.458. The molecule has 2 heterocycles. The van der Waals surface area contributed by atoms with Crippen LogP contribution < -0.4 is 21.9 Å². The lowest BCUT2D eigenvalue weighted by Crippen LogP contribution is -3.00. The maximum atomic E-state index is 14.3. The van der Waals surface area contributed by atoms with Crippen LogP contribution in [0.1, 0.15) is 62.1 Å². The number of unbranched alkanes of at least 4 members (excludes halogenated alkanes) is 4. The first-order valence-corrected chi connectivity index (χ1v) is 10.5. The lowest BCUT2D eigenvalue weighted by Gasteiger charge is -2.20. The fourth-order valence-electron chi connectivity index (χ4n) is 4.22. The molecule has 2 aromatic carbocycles. The van der Waals surface area contributed by atoms with Crippen molar-refractivity contribution in [2.45, 2.75) is 58.4 Å². The molecule has 0 radical (unpaired) electrons. The van der Waals surface area contributed by atoms with Crippen LogP contribution in [0.2, 0.25) is 0 Å². The SMILES string of the molecule is CCCCCCCC1=[N+](Cc2ccccc2F)CCc2cc3c(cc21)OCO3.[Cl-]. The molecule has 0 bridgehead atoms. The average Bonchev–Trinajstić information content (AvgIpc) is 3.16. The van der Waals surface area contributed by atoms with Gasteiger partial charge in [0.05, 0.1) is 5.56 Å². The molecule has 3 nitrogen and oxygen atoms in total. The van der Waals surface area contributed by atoms with Crippen molar-refractivity contribution in [3.63, 3.8) is 0 Å². The Morgan fingerprint density at radius 1 is 1.00 bits per heavy atom. The summed E-state index contributed by atoms with van der Waals surface area (Å²) in [5, 5.41) is 0. The number of ether oxygens (including phenoxy) is 2. The summed E-state index contributed by atoms with van der Waals surface area (Å²) >= 11 is 0. The van der Waals surface area contributed by atoms with Crippen molar-refractivity contribution in [3.8, 4) is 11.5 Å². The molecule has 2 aliphatic heterocycles. The molecular weight excluding hydrogens is 389 g/mol. The molecule has 0 unspecified atom stereocenters. The van der Waals surface area contributed by atoms with E-state index in [1.54, 1.807) is 12.1 Å². The zero-order valence-corrected chi connectivity index (χ0v) is 17.8. The van der Waals surface area contributed by atoms with Gasteiger partial charge in [-0.3, -0.25) is 0 Å². The quantitative estimate of drug-likeness (QED) is 0.486. The van der Waals surface area contributed by atoms with Gasteiger partial charge >= 0.3 is 0 Å². The van der Waals surface area contributed by atoms with E-state index in [1.807, 2.05) is 12.1 Å². The van der Waals surface area contributed by atoms with Gasteiger partial charge in [0.1, 0.15) is 12.4 Å². The van der Waals surface area contributed by atoms with Gasteiger partial charge in [-0.25, -0.2) is 8.97 Å². The van der Waals surface area contributed by atoms with Crippen LogP contribution in [0.4, 0.5) is 4.39 Å². The minimum Gasteiger partial charge on any atom is -1.00 e. The summed E-state index contributed by atoms with van der Waals surface area (Å²) in [7, 11) is 0. The van der Waals surface area contributed by atoms with Crippen molar-refractivity contribution in [2.24, 2.45) is 0 Å². The molecular formula is C24H29ClFNO2. The summed E-state index contributed by atoms with van der Waals surface area (Å²) in [6, 6.07) is 11.4. The van der Waals surface area contributed by atoms with Crippen molar-refractivity contribution < 1.29 is 30.8 Å². The molecule has 0 aliphatic carbocycles. The molecule has 0 fully saturated rings. The van der Waals surface area contributed by atoms with Gasteiger partial charge in [0, 0.05) is 18.4 Å². The molecule has 2 aliphatic rings. The van der Waals surface area contributed by atoms with E-state index in [0.29, 0.717) is 13.3 Å². The summed E-state index contributed by atoms with van der Waals surface area (Å²) < 4.78 is 27.8. The average molecular weight is 418 g/mol. The number of halogens is 2. The van der Waals surface area contributed by atoms with Gasteiger partial charge in [-0.05, 0) is 36.2 Å². The smallest absolute Gasteiger partial charge is 0.231 e. The number of rotatable bonds is 8. The van der Waals surface area contributed by atoms with Gasteiger partial charge in [0.2, 0.25) is 6.79 Å². The van der Waals surface area contributed by atoms with Crippen LogP contribution in [0.5, 0.6) is 11.5 Å². The van der Waals surface area contributed by atoms with E-state index in [4.69, 9.17) is 9.47 Å². The number of hydrogen-bond acceptors (Lipinski definition) is 2. The Morgan fingerprint density at radius 2 is 1.76 bits per heavy atom. The van der Waals surface area contributed by atoms with Crippen molar-refractivity contribution >= 4 is 5.71 Å². The predicted molar refractivity (Wildman–Crippen MR) is 109 cm³/mol. The molecule has 29 heavy (non-hydrogen) atoms. The second kappa shape index (κ2) is 10.1. The van der Waals surface area contributed by atoms with Crippen molar-refractivity contribution in [1.29, 1.82) is 0 Å². The zero-order valence-electron chi connectivity index (χ0n) is 17.1. The van der Waals surface area contributed by atoms with Crippen molar-refractivity contribution in [2.75, 3.05) is 13.3 Å². The first-order chi connectivity index (χ1) is 13.8. The molecule has 0 saturated carbocycles. The monoisotopic (exact) mass is 417 g/mol. The standard InChI is InChI=1S/C24H29FNO2.ClH/c1-2-3-4-5-6-11-22-20-15-24-23(27-17-28-24)14-18(20)12-13-26(22)16-19-9-7-8-10-21(19)25;/h7-10,14-15H,2-6,11-13,16-17H2,1H3;1H/q+1;/p-1. The van der Waals surface area contributed by atoms with Crippen molar-refractivity contribution in [3.05, 3.63) is 58.9 Å². The van der Waals surface area contributed by atoms with E-state index in [1.165, 1.54) is 42.5 Å². The highest BCUT2D eigenvalue weighted by Crippen LogP contribution is 2.37. The molecule has 0 saturated heterocycles. The van der Waals surface area contributed by atoms with Gasteiger partial charge in [-0.15, -0.1) is 0 Å². The lowest BCUT2D eigenvalue weighted by atomic mass is 9.92. The Bertz CT molecular complexity index is 881. The summed E-state index contributed by atoms with van der Waals surface area (Å²) in [5.41, 5.74) is 4.65. The maximum Gasteiger partial charge on any atom is 0.231 e. The third-order valence-electron chi connectivity index (χ3n) is 5.78. The van der Waals surface area contributed by atoms with Gasteiger partial charge in [-0.2, -0.15) is 0 Å². The molecule has 0 N–H and O–H groups in total.